The summed E-state index contributed by atoms with van der Waals surface area (Å²) in [5.74, 6) is 0. The highest BCUT2D eigenvalue weighted by atomic mass is 16.5. The van der Waals surface area contributed by atoms with Gasteiger partial charge in [0.15, 0.2) is 0 Å². The predicted octanol–water partition coefficient (Wildman–Crippen LogP) is 4.23. The van der Waals surface area contributed by atoms with E-state index in [1.165, 1.54) is 10.8 Å². The zero-order valence-electron chi connectivity index (χ0n) is 17.3. The molecule has 0 bridgehead atoms. The van der Waals surface area contributed by atoms with Gasteiger partial charge in [0, 0.05) is 63.1 Å². The Labute approximate surface area is 176 Å². The van der Waals surface area contributed by atoms with E-state index < -0.39 is 0 Å². The highest BCUT2D eigenvalue weighted by Crippen LogP contribution is 2.30. The largest absolute Gasteiger partial charge is 0.385 e. The van der Waals surface area contributed by atoms with Crippen molar-refractivity contribution in [2.24, 2.45) is 7.05 Å². The van der Waals surface area contributed by atoms with Crippen LogP contribution in [0.25, 0.3) is 21.9 Å². The number of rotatable bonds is 7. The molecule has 0 aliphatic heterocycles. The Morgan fingerprint density at radius 1 is 1.13 bits per heavy atom. The molecule has 0 aliphatic rings. The van der Waals surface area contributed by atoms with Crippen LogP contribution in [-0.4, -0.2) is 40.4 Å². The number of nitrogens with one attached hydrogen (secondary N) is 1. The number of hydrogen-bond donors (Lipinski definition) is 1. The maximum Gasteiger partial charge on any atom is 0.325 e. The molecule has 30 heavy (non-hydrogen) atoms. The molecule has 2 heterocycles. The van der Waals surface area contributed by atoms with Crippen LogP contribution in [0, 0.1) is 0 Å². The van der Waals surface area contributed by atoms with Crippen LogP contribution >= 0.6 is 0 Å². The monoisotopic (exact) mass is 402 g/mol. The van der Waals surface area contributed by atoms with E-state index in [1.807, 2.05) is 36.1 Å². The van der Waals surface area contributed by atoms with Crippen molar-refractivity contribution in [3.05, 3.63) is 78.6 Å². The average molecular weight is 402 g/mol. The number of fused-ring (bicyclic) bond motifs is 1. The Balaban J connectivity index is 1.71. The van der Waals surface area contributed by atoms with E-state index in [0.29, 0.717) is 19.6 Å². The van der Waals surface area contributed by atoms with E-state index in [1.54, 1.807) is 18.0 Å². The Kier molecular flexibility index (Phi) is 5.95. The van der Waals surface area contributed by atoms with Crippen molar-refractivity contribution < 1.29 is 9.53 Å². The molecule has 0 saturated carbocycles. The number of imidazole rings is 1. The zero-order valence-corrected chi connectivity index (χ0v) is 17.3. The number of ether oxygens (including phenoxy) is 1. The van der Waals surface area contributed by atoms with E-state index >= 15 is 0 Å². The molecular weight excluding hydrogens is 376 g/mol. The summed E-state index contributed by atoms with van der Waals surface area (Å²) in [7, 11) is 3.63. The third-order valence-corrected chi connectivity index (χ3v) is 5.30. The van der Waals surface area contributed by atoms with Crippen LogP contribution in [-0.2, 0) is 18.2 Å². The molecule has 0 fully saturated rings. The molecule has 0 saturated heterocycles. The number of aryl methyl sites for hydroxylation is 1. The molecule has 2 aromatic heterocycles. The summed E-state index contributed by atoms with van der Waals surface area (Å²) in [5, 5.41) is 5.34. The van der Waals surface area contributed by atoms with E-state index in [9.17, 15) is 4.79 Å². The standard InChI is InChI=1S/C24H26N4O2/c1-27-17-25-15-21(27)14-20-13-19(16-28(20)24(29)26-11-6-12-30-2)23-10-5-8-18-7-3-4-9-22(18)23/h3-5,7-10,13,15-17H,6,11-12,14H2,1-2H3,(H,26,29). The van der Waals surface area contributed by atoms with Crippen molar-refractivity contribution >= 4 is 16.8 Å². The molecular formula is C24H26N4O2. The lowest BCUT2D eigenvalue weighted by Gasteiger charge is -2.10. The van der Waals surface area contributed by atoms with E-state index in [4.69, 9.17) is 4.74 Å². The fraction of sp³-hybridized carbons (Fsp3) is 0.250. The normalized spacial score (nSPS) is 11.1. The minimum Gasteiger partial charge on any atom is -0.385 e. The van der Waals surface area contributed by atoms with Crippen LogP contribution in [0.1, 0.15) is 17.8 Å². The lowest BCUT2D eigenvalue weighted by atomic mass is 10.00. The number of amides is 1. The number of nitrogens with zero attached hydrogens (tertiary/aromatic N) is 3. The fourth-order valence-electron chi connectivity index (χ4n) is 3.70. The van der Waals surface area contributed by atoms with Crippen LogP contribution in [0.5, 0.6) is 0 Å². The van der Waals surface area contributed by atoms with Crippen molar-refractivity contribution in [3.63, 3.8) is 0 Å². The highest BCUT2D eigenvalue weighted by molar-refractivity contribution is 5.97. The van der Waals surface area contributed by atoms with Crippen LogP contribution in [0.4, 0.5) is 4.79 Å². The third-order valence-electron chi connectivity index (χ3n) is 5.30. The van der Waals surface area contributed by atoms with Gasteiger partial charge in [-0.3, -0.25) is 4.57 Å². The lowest BCUT2D eigenvalue weighted by molar-refractivity contribution is 0.193. The topological polar surface area (TPSA) is 61.1 Å². The molecule has 154 valence electrons. The first kappa shape index (κ1) is 19.9. The zero-order chi connectivity index (χ0) is 20.9. The molecule has 6 nitrogen and oxygen atoms in total. The van der Waals surface area contributed by atoms with Crippen molar-refractivity contribution in [3.8, 4) is 11.1 Å². The number of benzene rings is 2. The summed E-state index contributed by atoms with van der Waals surface area (Å²) in [6, 6.07) is 16.5. The number of aromatic nitrogens is 3. The van der Waals surface area contributed by atoms with Gasteiger partial charge in [-0.15, -0.1) is 0 Å². The van der Waals surface area contributed by atoms with Gasteiger partial charge in [-0.2, -0.15) is 0 Å². The van der Waals surface area contributed by atoms with Crippen LogP contribution in [0.15, 0.2) is 67.3 Å². The molecule has 1 N–H and O–H groups in total. The Morgan fingerprint density at radius 2 is 1.97 bits per heavy atom. The van der Waals surface area contributed by atoms with Crippen molar-refractivity contribution in [1.82, 2.24) is 19.4 Å². The second-order valence-corrected chi connectivity index (χ2v) is 7.37. The molecule has 0 radical (unpaired) electrons. The number of methoxy groups -OCH3 is 1. The number of hydrogen-bond acceptors (Lipinski definition) is 3. The van der Waals surface area contributed by atoms with Gasteiger partial charge < -0.3 is 14.6 Å². The molecule has 4 aromatic rings. The highest BCUT2D eigenvalue weighted by Gasteiger charge is 2.16. The molecule has 6 heteroatoms. The number of carbonyl (C=O) groups excluding carboxylic acids is 1. The average Bonchev–Trinajstić information content (AvgIpc) is 3.37. The van der Waals surface area contributed by atoms with Crippen LogP contribution < -0.4 is 5.32 Å². The van der Waals surface area contributed by atoms with E-state index in [-0.39, 0.29) is 6.03 Å². The molecule has 0 atom stereocenters. The SMILES string of the molecule is COCCCNC(=O)n1cc(-c2cccc3ccccc23)cc1Cc1cncn1C. The quantitative estimate of drug-likeness (QED) is 0.471. The summed E-state index contributed by atoms with van der Waals surface area (Å²) in [6.45, 7) is 1.19. The summed E-state index contributed by atoms with van der Waals surface area (Å²) < 4.78 is 8.77. The molecule has 2 aromatic carbocycles. The first-order valence-corrected chi connectivity index (χ1v) is 10.1. The van der Waals surface area contributed by atoms with Gasteiger partial charge in [-0.1, -0.05) is 42.5 Å². The van der Waals surface area contributed by atoms with Crippen molar-refractivity contribution in [2.45, 2.75) is 12.8 Å². The maximum atomic E-state index is 12.9. The van der Waals surface area contributed by atoms with Crippen molar-refractivity contribution in [2.75, 3.05) is 20.3 Å². The summed E-state index contributed by atoms with van der Waals surface area (Å²) in [4.78, 5) is 17.1. The van der Waals surface area contributed by atoms with Crippen LogP contribution in [0.2, 0.25) is 0 Å². The molecule has 0 spiro atoms. The van der Waals surface area contributed by atoms with Gasteiger partial charge >= 0.3 is 6.03 Å². The Hall–Kier alpha value is -3.38. The number of carbonyl (C=O) groups is 1. The molecule has 0 unspecified atom stereocenters. The van der Waals surface area contributed by atoms with Gasteiger partial charge in [0.1, 0.15) is 0 Å². The second kappa shape index (κ2) is 8.97. The van der Waals surface area contributed by atoms with Crippen LogP contribution in [0.3, 0.4) is 0 Å². The first-order chi connectivity index (χ1) is 14.7. The minimum atomic E-state index is -0.130. The van der Waals surface area contributed by atoms with Gasteiger partial charge in [0.2, 0.25) is 0 Å². The van der Waals surface area contributed by atoms with Crippen molar-refractivity contribution in [1.29, 1.82) is 0 Å². The molecule has 4 rings (SSSR count). The summed E-state index contributed by atoms with van der Waals surface area (Å²) in [6.07, 6.45) is 6.94. The van der Waals surface area contributed by atoms with Gasteiger partial charge in [-0.25, -0.2) is 9.78 Å². The van der Waals surface area contributed by atoms with Gasteiger partial charge in [0.05, 0.1) is 6.33 Å². The lowest BCUT2D eigenvalue weighted by Crippen LogP contribution is -2.30. The fourth-order valence-corrected chi connectivity index (χ4v) is 3.70. The third kappa shape index (κ3) is 4.14. The Morgan fingerprint density at radius 3 is 2.77 bits per heavy atom. The smallest absolute Gasteiger partial charge is 0.325 e. The van der Waals surface area contributed by atoms with Gasteiger partial charge in [-0.05, 0) is 28.8 Å². The predicted molar refractivity (Wildman–Crippen MR) is 119 cm³/mol. The Bertz CT molecular complexity index is 1150. The second-order valence-electron chi connectivity index (χ2n) is 7.37. The van der Waals surface area contributed by atoms with E-state index in [2.05, 4.69) is 46.7 Å². The minimum absolute atomic E-state index is 0.130. The first-order valence-electron chi connectivity index (χ1n) is 10.1. The van der Waals surface area contributed by atoms with Gasteiger partial charge in [0.25, 0.3) is 0 Å². The molecule has 1 amide bonds. The van der Waals surface area contributed by atoms with E-state index in [0.717, 1.165) is 28.9 Å². The maximum absolute atomic E-state index is 12.9. The summed E-state index contributed by atoms with van der Waals surface area (Å²) >= 11 is 0. The summed E-state index contributed by atoms with van der Waals surface area (Å²) in [5.41, 5.74) is 4.11. The molecule has 0 aliphatic carbocycles.